The monoisotopic (exact) mass is 505 g/mol. The number of pyridine rings is 1. The molecular weight excluding hydrogens is 486 g/mol. The number of thiocarbonyl (C=S) groups is 1. The number of halogens is 1. The number of nitrogens with one attached hydrogen (secondary N) is 1. The minimum absolute atomic E-state index is 0.0213. The fourth-order valence-electron chi connectivity index (χ4n) is 4.24. The number of phenols is 1. The number of carbonyl (C=O) groups is 1. The van der Waals surface area contributed by atoms with Crippen LogP contribution in [0, 0.1) is 0 Å². The highest BCUT2D eigenvalue weighted by Gasteiger charge is 2.43. The number of nitrogens with zero attached hydrogens (tertiary/aromatic N) is 2. The number of carbonyl (C=O) groups excluding carboxylic acids is 1. The fourth-order valence-corrected chi connectivity index (χ4v) is 4.74. The summed E-state index contributed by atoms with van der Waals surface area (Å²) >= 11 is 11.9. The van der Waals surface area contributed by atoms with E-state index in [0.717, 1.165) is 5.69 Å². The Morgan fingerprint density at radius 3 is 2.71 bits per heavy atom. The lowest BCUT2D eigenvalue weighted by molar-refractivity contribution is 0.0601. The number of aromatic hydroxyl groups is 1. The van der Waals surface area contributed by atoms with Crippen molar-refractivity contribution >= 4 is 40.6 Å². The van der Waals surface area contributed by atoms with Crippen molar-refractivity contribution in [1.29, 1.82) is 0 Å². The Bertz CT molecular complexity index is 1410. The molecule has 0 aliphatic carbocycles. The zero-order valence-corrected chi connectivity index (χ0v) is 20.1. The molecule has 2 N–H and O–H groups in total. The highest BCUT2D eigenvalue weighted by atomic mass is 35.5. The first-order valence-corrected chi connectivity index (χ1v) is 11.5. The second-order valence-corrected chi connectivity index (χ2v) is 8.69. The lowest BCUT2D eigenvalue weighted by atomic mass is 10.0. The van der Waals surface area contributed by atoms with E-state index < -0.39 is 12.0 Å². The molecule has 3 heterocycles. The molecule has 1 aliphatic heterocycles. The van der Waals surface area contributed by atoms with Crippen LogP contribution in [-0.2, 0) is 4.74 Å². The molecule has 4 aromatic rings. The summed E-state index contributed by atoms with van der Waals surface area (Å²) in [6.07, 6.45) is 1.71. The van der Waals surface area contributed by atoms with Gasteiger partial charge in [0.15, 0.2) is 5.11 Å². The minimum Gasteiger partial charge on any atom is -0.506 e. The van der Waals surface area contributed by atoms with E-state index in [0.29, 0.717) is 38.5 Å². The van der Waals surface area contributed by atoms with Crippen molar-refractivity contribution < 1.29 is 19.1 Å². The average molecular weight is 506 g/mol. The largest absolute Gasteiger partial charge is 0.506 e. The first kappa shape index (κ1) is 22.9. The maximum atomic E-state index is 12.3. The van der Waals surface area contributed by atoms with E-state index in [-0.39, 0.29) is 11.8 Å². The number of methoxy groups -OCH3 is 1. The number of hydrogen-bond acceptors (Lipinski definition) is 6. The van der Waals surface area contributed by atoms with Gasteiger partial charge in [0.1, 0.15) is 23.3 Å². The molecule has 1 saturated heterocycles. The summed E-state index contributed by atoms with van der Waals surface area (Å²) in [5.74, 6) is 0.614. The Kier molecular flexibility index (Phi) is 6.15. The molecule has 2 aromatic heterocycles. The van der Waals surface area contributed by atoms with Crippen LogP contribution in [0.25, 0.3) is 11.3 Å². The van der Waals surface area contributed by atoms with Gasteiger partial charge < -0.3 is 24.5 Å². The van der Waals surface area contributed by atoms with Crippen LogP contribution in [0.2, 0.25) is 5.02 Å². The zero-order valence-electron chi connectivity index (χ0n) is 18.5. The number of rotatable bonds is 5. The van der Waals surface area contributed by atoms with Gasteiger partial charge in [-0.1, -0.05) is 35.9 Å². The standard InChI is InChI=1S/C26H20ClN3O4S/c1-33-25(32)17-7-3-2-6-16(17)21-11-12-22(34-21)24-23(18-8-4-5-13-28-18)29-26(35)30(24)19-14-15(27)9-10-20(19)31/h2-14,23-24,31H,1H3,(H,29,35)/t23-,24+/m0/s1. The highest BCUT2D eigenvalue weighted by molar-refractivity contribution is 7.80. The first-order valence-electron chi connectivity index (χ1n) is 10.7. The van der Waals surface area contributed by atoms with Crippen LogP contribution in [-0.4, -0.2) is 28.3 Å². The maximum absolute atomic E-state index is 12.3. The second-order valence-electron chi connectivity index (χ2n) is 7.87. The molecule has 5 rings (SSSR count). The van der Waals surface area contributed by atoms with Crippen molar-refractivity contribution in [2.24, 2.45) is 0 Å². The van der Waals surface area contributed by atoms with Crippen molar-refractivity contribution in [2.45, 2.75) is 12.1 Å². The van der Waals surface area contributed by atoms with Gasteiger partial charge in [0.25, 0.3) is 0 Å². The van der Waals surface area contributed by atoms with E-state index in [2.05, 4.69) is 10.3 Å². The molecule has 7 nitrogen and oxygen atoms in total. The minimum atomic E-state index is -0.499. The third-order valence-electron chi connectivity index (χ3n) is 5.81. The van der Waals surface area contributed by atoms with E-state index in [1.807, 2.05) is 30.3 Å². The van der Waals surface area contributed by atoms with Crippen LogP contribution in [0.3, 0.4) is 0 Å². The van der Waals surface area contributed by atoms with Gasteiger partial charge in [0.2, 0.25) is 0 Å². The molecule has 1 fully saturated rings. The van der Waals surface area contributed by atoms with Crippen molar-refractivity contribution in [2.75, 3.05) is 12.0 Å². The quantitative estimate of drug-likeness (QED) is 0.265. The third-order valence-corrected chi connectivity index (χ3v) is 6.36. The summed E-state index contributed by atoms with van der Waals surface area (Å²) in [6.45, 7) is 0. The number of anilines is 1. The molecular formula is C26H20ClN3O4S. The molecule has 2 aromatic carbocycles. The van der Waals surface area contributed by atoms with E-state index >= 15 is 0 Å². The predicted octanol–water partition coefficient (Wildman–Crippen LogP) is 5.66. The molecule has 0 amide bonds. The Balaban J connectivity index is 1.64. The number of phenolic OH excluding ortho intramolecular Hbond substituents is 1. The summed E-state index contributed by atoms with van der Waals surface area (Å²) in [5.41, 5.74) is 2.18. The predicted molar refractivity (Wildman–Crippen MR) is 137 cm³/mol. The van der Waals surface area contributed by atoms with E-state index in [4.69, 9.17) is 33.0 Å². The third kappa shape index (κ3) is 4.22. The van der Waals surface area contributed by atoms with Gasteiger partial charge in [0, 0.05) is 16.8 Å². The van der Waals surface area contributed by atoms with Crippen LogP contribution in [0.4, 0.5) is 5.69 Å². The van der Waals surface area contributed by atoms with Gasteiger partial charge in [-0.25, -0.2) is 4.79 Å². The lowest BCUT2D eigenvalue weighted by Crippen LogP contribution is -2.29. The SMILES string of the molecule is COC(=O)c1ccccc1-c1ccc([C@@H]2[C@H](c3ccccn3)NC(=S)N2c2cc(Cl)ccc2O)o1. The smallest absolute Gasteiger partial charge is 0.338 e. The molecule has 0 unspecified atom stereocenters. The number of hydrogen-bond donors (Lipinski definition) is 2. The molecule has 35 heavy (non-hydrogen) atoms. The Hall–Kier alpha value is -3.88. The fraction of sp³-hybridized carbons (Fsp3) is 0.115. The van der Waals surface area contributed by atoms with Gasteiger partial charge in [-0.15, -0.1) is 0 Å². The normalized spacial score (nSPS) is 17.3. The molecule has 2 atom stereocenters. The topological polar surface area (TPSA) is 87.8 Å². The molecule has 0 saturated carbocycles. The second kappa shape index (κ2) is 9.40. The summed E-state index contributed by atoms with van der Waals surface area (Å²) in [4.78, 5) is 18.6. The molecule has 0 radical (unpaired) electrons. The number of esters is 1. The van der Waals surface area contributed by atoms with Crippen LogP contribution in [0.5, 0.6) is 5.75 Å². The van der Waals surface area contributed by atoms with Crippen LogP contribution in [0.1, 0.15) is 33.9 Å². The summed E-state index contributed by atoms with van der Waals surface area (Å²) in [7, 11) is 1.34. The highest BCUT2D eigenvalue weighted by Crippen LogP contribution is 2.46. The van der Waals surface area contributed by atoms with E-state index in [1.165, 1.54) is 13.2 Å². The van der Waals surface area contributed by atoms with Crippen LogP contribution in [0.15, 0.2) is 83.4 Å². The van der Waals surface area contributed by atoms with Crippen molar-refractivity contribution in [1.82, 2.24) is 10.3 Å². The Morgan fingerprint density at radius 2 is 1.94 bits per heavy atom. The number of benzene rings is 2. The van der Waals surface area contributed by atoms with Gasteiger partial charge in [-0.05, 0) is 60.7 Å². The van der Waals surface area contributed by atoms with Crippen LogP contribution >= 0.6 is 23.8 Å². The van der Waals surface area contributed by atoms with Crippen molar-refractivity contribution in [3.63, 3.8) is 0 Å². The van der Waals surface area contributed by atoms with Crippen molar-refractivity contribution in [3.8, 4) is 17.1 Å². The summed E-state index contributed by atoms with van der Waals surface area (Å²) in [6, 6.07) is 20.2. The van der Waals surface area contributed by atoms with Gasteiger partial charge in [-0.3, -0.25) is 4.98 Å². The number of furan rings is 1. The molecule has 0 spiro atoms. The maximum Gasteiger partial charge on any atom is 0.338 e. The first-order chi connectivity index (χ1) is 17.0. The van der Waals surface area contributed by atoms with Gasteiger partial charge in [-0.2, -0.15) is 0 Å². The van der Waals surface area contributed by atoms with Crippen molar-refractivity contribution in [3.05, 3.63) is 101 Å². The lowest BCUT2D eigenvalue weighted by Gasteiger charge is -2.26. The Morgan fingerprint density at radius 1 is 1.14 bits per heavy atom. The average Bonchev–Trinajstić information content (AvgIpc) is 3.50. The molecule has 9 heteroatoms. The number of aromatic nitrogens is 1. The molecule has 176 valence electrons. The van der Waals surface area contributed by atoms with Gasteiger partial charge in [0.05, 0.1) is 30.1 Å². The zero-order chi connectivity index (χ0) is 24.5. The summed E-state index contributed by atoms with van der Waals surface area (Å²) < 4.78 is 11.2. The van der Waals surface area contributed by atoms with E-state index in [9.17, 15) is 9.90 Å². The van der Waals surface area contributed by atoms with Gasteiger partial charge >= 0.3 is 5.97 Å². The van der Waals surface area contributed by atoms with Crippen LogP contribution < -0.4 is 10.2 Å². The Labute approximate surface area is 211 Å². The number of ether oxygens (including phenoxy) is 1. The van der Waals surface area contributed by atoms with E-state index in [1.54, 1.807) is 47.5 Å². The summed E-state index contributed by atoms with van der Waals surface area (Å²) in [5, 5.41) is 14.8. The molecule has 0 bridgehead atoms. The molecule has 1 aliphatic rings.